The van der Waals surface area contributed by atoms with Crippen LogP contribution in [0.2, 0.25) is 0 Å². The summed E-state index contributed by atoms with van der Waals surface area (Å²) in [5.74, 6) is 2.20. The van der Waals surface area contributed by atoms with E-state index in [1.807, 2.05) is 24.3 Å². The van der Waals surface area contributed by atoms with Gasteiger partial charge in [-0.3, -0.25) is 9.69 Å². The zero-order valence-corrected chi connectivity index (χ0v) is 17.9. The highest BCUT2D eigenvalue weighted by molar-refractivity contribution is 5.78. The number of hydrogen-bond donors (Lipinski definition) is 1. The Morgan fingerprint density at radius 2 is 1.83 bits per heavy atom. The molecular weight excluding hydrogens is 378 g/mol. The van der Waals surface area contributed by atoms with Crippen LogP contribution < -0.4 is 15.0 Å². The van der Waals surface area contributed by atoms with Gasteiger partial charge in [0, 0.05) is 44.3 Å². The number of hydrogen-bond acceptors (Lipinski definition) is 5. The molecule has 2 aromatic rings. The Morgan fingerprint density at radius 3 is 2.47 bits per heavy atom. The molecule has 0 bridgehead atoms. The van der Waals surface area contributed by atoms with Crippen molar-refractivity contribution in [3.8, 4) is 5.75 Å². The molecule has 1 aromatic heterocycles. The molecule has 1 aromatic carbocycles. The van der Waals surface area contributed by atoms with Crippen molar-refractivity contribution < 1.29 is 13.9 Å². The van der Waals surface area contributed by atoms with Crippen LogP contribution in [0.5, 0.6) is 5.75 Å². The van der Waals surface area contributed by atoms with E-state index < -0.39 is 0 Å². The van der Waals surface area contributed by atoms with Gasteiger partial charge in [0.25, 0.3) is 0 Å². The van der Waals surface area contributed by atoms with Crippen molar-refractivity contribution in [2.45, 2.75) is 38.1 Å². The van der Waals surface area contributed by atoms with Crippen LogP contribution in [0, 0.1) is 5.92 Å². The first-order valence-electron chi connectivity index (χ1n) is 11.2. The standard InChI is InChI=1S/C24H33N3O3/c1-29-21-11-9-20(10-12-21)26-13-15-27(16-14-26)22(23-8-5-17-30-23)18-25-24(28)19-6-3-2-4-7-19/h5,8-12,17,19,22H,2-4,6-7,13-16,18H2,1H3,(H,25,28)/t22-/m1/s1. The summed E-state index contributed by atoms with van der Waals surface area (Å²) in [5.41, 5.74) is 1.22. The van der Waals surface area contributed by atoms with Gasteiger partial charge in [-0.25, -0.2) is 0 Å². The summed E-state index contributed by atoms with van der Waals surface area (Å²) in [6.07, 6.45) is 7.38. The lowest BCUT2D eigenvalue weighted by molar-refractivity contribution is -0.126. The average Bonchev–Trinajstić information content (AvgIpc) is 3.35. The number of carbonyl (C=O) groups excluding carboxylic acids is 1. The molecule has 1 atom stereocenters. The topological polar surface area (TPSA) is 58.0 Å². The van der Waals surface area contributed by atoms with Crippen LogP contribution in [0.4, 0.5) is 5.69 Å². The van der Waals surface area contributed by atoms with Gasteiger partial charge in [-0.1, -0.05) is 19.3 Å². The van der Waals surface area contributed by atoms with Crippen molar-refractivity contribution in [3.05, 3.63) is 48.4 Å². The molecule has 2 fully saturated rings. The van der Waals surface area contributed by atoms with Crippen LogP contribution in [0.15, 0.2) is 47.1 Å². The Hall–Kier alpha value is -2.47. The lowest BCUT2D eigenvalue weighted by Crippen LogP contribution is -2.50. The molecule has 0 radical (unpaired) electrons. The summed E-state index contributed by atoms with van der Waals surface area (Å²) in [6.45, 7) is 4.35. The number of benzene rings is 1. The van der Waals surface area contributed by atoms with E-state index in [0.717, 1.165) is 50.5 Å². The normalized spacial score (nSPS) is 19.4. The van der Waals surface area contributed by atoms with Crippen molar-refractivity contribution in [1.29, 1.82) is 0 Å². The van der Waals surface area contributed by atoms with Gasteiger partial charge in [0.1, 0.15) is 11.5 Å². The molecular formula is C24H33N3O3. The number of amides is 1. The van der Waals surface area contributed by atoms with E-state index in [1.165, 1.54) is 24.9 Å². The lowest BCUT2D eigenvalue weighted by atomic mass is 9.88. The Bertz CT molecular complexity index is 777. The smallest absolute Gasteiger partial charge is 0.223 e. The molecule has 0 unspecified atom stereocenters. The van der Waals surface area contributed by atoms with Crippen LogP contribution in [-0.2, 0) is 4.79 Å². The number of anilines is 1. The molecule has 2 heterocycles. The number of carbonyl (C=O) groups is 1. The largest absolute Gasteiger partial charge is 0.497 e. The summed E-state index contributed by atoms with van der Waals surface area (Å²) in [4.78, 5) is 17.5. The van der Waals surface area contributed by atoms with E-state index in [4.69, 9.17) is 9.15 Å². The van der Waals surface area contributed by atoms with Gasteiger partial charge in [0.15, 0.2) is 0 Å². The number of nitrogens with one attached hydrogen (secondary N) is 1. The van der Waals surface area contributed by atoms with Gasteiger partial charge in [-0.2, -0.15) is 0 Å². The SMILES string of the molecule is COc1ccc(N2CCN([C@H](CNC(=O)C3CCCCC3)c3ccco3)CC2)cc1. The van der Waals surface area contributed by atoms with Gasteiger partial charge < -0.3 is 19.4 Å². The fourth-order valence-corrected chi connectivity index (χ4v) is 4.68. The Labute approximate surface area is 179 Å². The molecule has 162 valence electrons. The third kappa shape index (κ3) is 4.98. The molecule has 2 aliphatic rings. The number of piperazine rings is 1. The highest BCUT2D eigenvalue weighted by Crippen LogP contribution is 2.27. The van der Waals surface area contributed by atoms with Crippen LogP contribution in [0.1, 0.15) is 43.9 Å². The molecule has 4 rings (SSSR count). The molecule has 1 amide bonds. The summed E-state index contributed by atoms with van der Waals surface area (Å²) >= 11 is 0. The summed E-state index contributed by atoms with van der Waals surface area (Å²) < 4.78 is 11.0. The number of rotatable bonds is 7. The molecule has 1 aliphatic carbocycles. The van der Waals surface area contributed by atoms with Gasteiger partial charge in [0.05, 0.1) is 19.4 Å². The zero-order chi connectivity index (χ0) is 20.8. The van der Waals surface area contributed by atoms with Crippen LogP contribution in [0.25, 0.3) is 0 Å². The molecule has 1 saturated carbocycles. The summed E-state index contributed by atoms with van der Waals surface area (Å²) in [7, 11) is 1.69. The van der Waals surface area contributed by atoms with Crippen molar-refractivity contribution in [1.82, 2.24) is 10.2 Å². The molecule has 1 N–H and O–H groups in total. The molecule has 1 saturated heterocycles. The second kappa shape index (κ2) is 10.0. The Morgan fingerprint density at radius 1 is 1.10 bits per heavy atom. The predicted molar refractivity (Wildman–Crippen MR) is 118 cm³/mol. The monoisotopic (exact) mass is 411 g/mol. The van der Waals surface area contributed by atoms with Crippen molar-refractivity contribution in [2.75, 3.05) is 44.7 Å². The zero-order valence-electron chi connectivity index (χ0n) is 17.9. The fraction of sp³-hybridized carbons (Fsp3) is 0.542. The quantitative estimate of drug-likeness (QED) is 0.750. The van der Waals surface area contributed by atoms with Crippen molar-refractivity contribution in [3.63, 3.8) is 0 Å². The second-order valence-electron chi connectivity index (χ2n) is 8.33. The highest BCUT2D eigenvalue weighted by atomic mass is 16.5. The minimum absolute atomic E-state index is 0.0746. The van der Waals surface area contributed by atoms with E-state index in [-0.39, 0.29) is 17.9 Å². The Balaban J connectivity index is 1.35. The van der Waals surface area contributed by atoms with Gasteiger partial charge in [0.2, 0.25) is 5.91 Å². The van der Waals surface area contributed by atoms with E-state index in [2.05, 4.69) is 27.2 Å². The minimum atomic E-state index is 0.0746. The van der Waals surface area contributed by atoms with Crippen LogP contribution in [-0.4, -0.2) is 50.6 Å². The van der Waals surface area contributed by atoms with E-state index >= 15 is 0 Å². The number of furan rings is 1. The summed E-state index contributed by atoms with van der Waals surface area (Å²) in [6, 6.07) is 12.3. The van der Waals surface area contributed by atoms with E-state index in [0.29, 0.717) is 6.54 Å². The first-order chi connectivity index (χ1) is 14.7. The van der Waals surface area contributed by atoms with Gasteiger partial charge in [-0.15, -0.1) is 0 Å². The molecule has 0 spiro atoms. The lowest BCUT2D eigenvalue weighted by Gasteiger charge is -2.39. The van der Waals surface area contributed by atoms with Crippen molar-refractivity contribution >= 4 is 11.6 Å². The van der Waals surface area contributed by atoms with Gasteiger partial charge in [-0.05, 0) is 49.2 Å². The number of nitrogens with zero attached hydrogens (tertiary/aromatic N) is 2. The maximum absolute atomic E-state index is 12.7. The van der Waals surface area contributed by atoms with E-state index in [9.17, 15) is 4.79 Å². The number of ether oxygens (including phenoxy) is 1. The van der Waals surface area contributed by atoms with Gasteiger partial charge >= 0.3 is 0 Å². The van der Waals surface area contributed by atoms with Crippen LogP contribution >= 0.6 is 0 Å². The third-order valence-corrected chi connectivity index (χ3v) is 6.51. The molecule has 30 heavy (non-hydrogen) atoms. The molecule has 6 nitrogen and oxygen atoms in total. The maximum atomic E-state index is 12.7. The maximum Gasteiger partial charge on any atom is 0.223 e. The molecule has 1 aliphatic heterocycles. The average molecular weight is 412 g/mol. The summed E-state index contributed by atoms with van der Waals surface area (Å²) in [5, 5.41) is 3.23. The minimum Gasteiger partial charge on any atom is -0.497 e. The first kappa shape index (κ1) is 20.8. The highest BCUT2D eigenvalue weighted by Gasteiger charge is 2.29. The second-order valence-corrected chi connectivity index (χ2v) is 8.33. The molecule has 6 heteroatoms. The van der Waals surface area contributed by atoms with E-state index in [1.54, 1.807) is 13.4 Å². The Kier molecular flexibility index (Phi) is 6.95. The fourth-order valence-electron chi connectivity index (χ4n) is 4.68. The third-order valence-electron chi connectivity index (χ3n) is 6.51. The first-order valence-corrected chi connectivity index (χ1v) is 11.2. The number of methoxy groups -OCH3 is 1. The van der Waals surface area contributed by atoms with Crippen molar-refractivity contribution in [2.24, 2.45) is 5.92 Å². The van der Waals surface area contributed by atoms with Crippen LogP contribution in [0.3, 0.4) is 0 Å². The predicted octanol–water partition coefficient (Wildman–Crippen LogP) is 3.85.